The van der Waals surface area contributed by atoms with Gasteiger partial charge in [-0.2, -0.15) is 0 Å². The van der Waals surface area contributed by atoms with Gasteiger partial charge < -0.3 is 20.1 Å². The smallest absolute Gasteiger partial charge is 0.142 e. The fourth-order valence-electron chi connectivity index (χ4n) is 2.72. The first-order chi connectivity index (χ1) is 11.2. The van der Waals surface area contributed by atoms with E-state index in [1.807, 2.05) is 18.3 Å². The van der Waals surface area contributed by atoms with E-state index in [1.54, 1.807) is 13.2 Å². The lowest BCUT2D eigenvalue weighted by Crippen LogP contribution is -2.30. The quantitative estimate of drug-likeness (QED) is 0.756. The predicted molar refractivity (Wildman–Crippen MR) is 95.4 cm³/mol. The molecule has 1 aliphatic rings. The number of amidine groups is 1. The van der Waals surface area contributed by atoms with Crippen LogP contribution in [0.15, 0.2) is 35.5 Å². The Balaban J connectivity index is 2.04. The van der Waals surface area contributed by atoms with Crippen molar-refractivity contribution in [2.75, 3.05) is 32.1 Å². The maximum Gasteiger partial charge on any atom is 0.142 e. The molecule has 2 N–H and O–H groups in total. The molecule has 1 atom stereocenters. The Bertz CT molecular complexity index is 565. The summed E-state index contributed by atoms with van der Waals surface area (Å²) in [4.78, 5) is 6.90. The highest BCUT2D eigenvalue weighted by molar-refractivity contribution is 5.99. The average Bonchev–Trinajstić information content (AvgIpc) is 2.58. The van der Waals surface area contributed by atoms with Crippen LogP contribution in [0.3, 0.4) is 0 Å². The largest absolute Gasteiger partial charge is 0.506 e. The Hall–Kier alpha value is -2.01. The number of aromatic hydroxyl groups is 1. The van der Waals surface area contributed by atoms with Crippen molar-refractivity contribution in [2.45, 2.75) is 26.7 Å². The summed E-state index contributed by atoms with van der Waals surface area (Å²) in [6.07, 6.45) is 5.96. The Morgan fingerprint density at radius 1 is 1.35 bits per heavy atom. The predicted octanol–water partition coefficient (Wildman–Crippen LogP) is 3.48. The van der Waals surface area contributed by atoms with Crippen molar-refractivity contribution >= 4 is 11.5 Å². The minimum Gasteiger partial charge on any atom is -0.506 e. The number of phenolic OH excluding ortho intramolecular Hbond substituents is 1. The summed E-state index contributed by atoms with van der Waals surface area (Å²) in [5, 5.41) is 13.4. The minimum atomic E-state index is 0.170. The van der Waals surface area contributed by atoms with Crippen LogP contribution in [0.5, 0.6) is 11.5 Å². The van der Waals surface area contributed by atoms with E-state index >= 15 is 0 Å². The van der Waals surface area contributed by atoms with Crippen molar-refractivity contribution in [3.05, 3.63) is 30.5 Å². The molecule has 5 heteroatoms. The van der Waals surface area contributed by atoms with Crippen molar-refractivity contribution in [3.63, 3.8) is 0 Å². The number of methoxy groups -OCH3 is 1. The number of allylic oxidation sites excluding steroid dienone is 1. The molecule has 1 aromatic carbocycles. The van der Waals surface area contributed by atoms with E-state index in [0.29, 0.717) is 17.4 Å². The van der Waals surface area contributed by atoms with E-state index in [-0.39, 0.29) is 5.75 Å². The van der Waals surface area contributed by atoms with E-state index < -0.39 is 0 Å². The molecule has 1 unspecified atom stereocenters. The normalized spacial score (nSPS) is 17.2. The second-order valence-electron chi connectivity index (χ2n) is 5.66. The lowest BCUT2D eigenvalue weighted by molar-refractivity contribution is 0.288. The zero-order valence-corrected chi connectivity index (χ0v) is 14.2. The van der Waals surface area contributed by atoms with Gasteiger partial charge in [0.1, 0.15) is 17.3 Å². The molecule has 0 radical (unpaired) electrons. The van der Waals surface area contributed by atoms with Crippen LogP contribution in [-0.4, -0.2) is 42.6 Å². The van der Waals surface area contributed by atoms with Gasteiger partial charge in [-0.05, 0) is 44.6 Å². The molecule has 0 amide bonds. The monoisotopic (exact) mass is 317 g/mol. The van der Waals surface area contributed by atoms with E-state index in [4.69, 9.17) is 4.74 Å². The lowest BCUT2D eigenvalue weighted by atomic mass is 9.97. The molecule has 0 fully saturated rings. The van der Waals surface area contributed by atoms with Gasteiger partial charge in [0.25, 0.3) is 0 Å². The number of aliphatic imine (C=N–C) groups is 1. The molecule has 0 aliphatic carbocycles. The molecule has 126 valence electrons. The summed E-state index contributed by atoms with van der Waals surface area (Å²) < 4.78 is 5.12. The molecule has 1 aromatic rings. The van der Waals surface area contributed by atoms with Crippen molar-refractivity contribution < 1.29 is 9.84 Å². The van der Waals surface area contributed by atoms with Crippen LogP contribution in [0, 0.1) is 5.92 Å². The third-order valence-electron chi connectivity index (χ3n) is 4.28. The zero-order valence-electron chi connectivity index (χ0n) is 14.2. The van der Waals surface area contributed by atoms with Crippen LogP contribution in [-0.2, 0) is 0 Å². The molecule has 1 aliphatic heterocycles. The van der Waals surface area contributed by atoms with Crippen LogP contribution in [0.25, 0.3) is 0 Å². The van der Waals surface area contributed by atoms with Gasteiger partial charge in [-0.25, -0.2) is 4.99 Å². The first-order valence-corrected chi connectivity index (χ1v) is 8.27. The highest BCUT2D eigenvalue weighted by Gasteiger charge is 2.19. The summed E-state index contributed by atoms with van der Waals surface area (Å²) >= 11 is 0. The number of ether oxygens (including phenoxy) is 1. The summed E-state index contributed by atoms with van der Waals surface area (Å²) in [5.74, 6) is 2.07. The summed E-state index contributed by atoms with van der Waals surface area (Å²) in [6, 6.07) is 5.25. The molecule has 5 nitrogen and oxygen atoms in total. The number of nitrogens with one attached hydrogen (secondary N) is 1. The average molecular weight is 317 g/mol. The van der Waals surface area contributed by atoms with Crippen molar-refractivity contribution in [2.24, 2.45) is 10.9 Å². The summed E-state index contributed by atoms with van der Waals surface area (Å²) in [5.41, 5.74) is 0.660. The summed E-state index contributed by atoms with van der Waals surface area (Å²) in [6.45, 7) is 7.57. The molecule has 1 heterocycles. The highest BCUT2D eigenvalue weighted by atomic mass is 16.5. The first kappa shape index (κ1) is 17.3. The molecule has 0 aromatic heterocycles. The number of anilines is 1. The van der Waals surface area contributed by atoms with Crippen LogP contribution < -0.4 is 10.1 Å². The van der Waals surface area contributed by atoms with E-state index in [0.717, 1.165) is 38.3 Å². The van der Waals surface area contributed by atoms with Crippen LogP contribution in [0.2, 0.25) is 0 Å². The maximum atomic E-state index is 10.1. The first-order valence-electron chi connectivity index (χ1n) is 8.27. The Morgan fingerprint density at radius 2 is 2.13 bits per heavy atom. The second-order valence-corrected chi connectivity index (χ2v) is 5.66. The molecule has 0 bridgehead atoms. The molecule has 2 rings (SSSR count). The van der Waals surface area contributed by atoms with Gasteiger partial charge in [-0.15, -0.1) is 0 Å². The minimum absolute atomic E-state index is 0.170. The van der Waals surface area contributed by atoms with Gasteiger partial charge >= 0.3 is 0 Å². The molecular weight excluding hydrogens is 290 g/mol. The van der Waals surface area contributed by atoms with Crippen LogP contribution >= 0.6 is 0 Å². The standard InChI is InChI=1S/C18H27N3O2/c1-4-21(5-2)12-10-14-7-6-11-19-18(14)20-16-9-8-15(23-3)13-17(16)22/h6,8-9,11,13-14,22H,4-5,7,10,12H2,1-3H3,(H,19,20). The van der Waals surface area contributed by atoms with Gasteiger partial charge in [-0.3, -0.25) is 0 Å². The number of benzene rings is 1. The van der Waals surface area contributed by atoms with Gasteiger partial charge in [0.2, 0.25) is 0 Å². The highest BCUT2D eigenvalue weighted by Crippen LogP contribution is 2.29. The zero-order chi connectivity index (χ0) is 16.7. The van der Waals surface area contributed by atoms with Gasteiger partial charge in [0, 0.05) is 18.2 Å². The maximum absolute atomic E-state index is 10.1. The van der Waals surface area contributed by atoms with E-state index in [2.05, 4.69) is 35.1 Å². The molecular formula is C18H27N3O2. The third kappa shape index (κ3) is 4.73. The topological polar surface area (TPSA) is 57.1 Å². The fraction of sp³-hybridized carbons (Fsp3) is 0.500. The molecule has 0 spiro atoms. The number of phenols is 1. The molecule has 0 saturated carbocycles. The van der Waals surface area contributed by atoms with Crippen molar-refractivity contribution in [1.82, 2.24) is 4.90 Å². The number of hydrogen-bond donors (Lipinski definition) is 2. The van der Waals surface area contributed by atoms with Crippen molar-refractivity contribution in [1.29, 1.82) is 0 Å². The Morgan fingerprint density at radius 3 is 2.78 bits per heavy atom. The third-order valence-corrected chi connectivity index (χ3v) is 4.28. The van der Waals surface area contributed by atoms with E-state index in [9.17, 15) is 5.11 Å². The van der Waals surface area contributed by atoms with Crippen LogP contribution in [0.1, 0.15) is 26.7 Å². The lowest BCUT2D eigenvalue weighted by Gasteiger charge is -2.25. The van der Waals surface area contributed by atoms with Gasteiger partial charge in [-0.1, -0.05) is 19.9 Å². The fourth-order valence-corrected chi connectivity index (χ4v) is 2.72. The Kier molecular flexibility index (Phi) is 6.47. The number of rotatable bonds is 7. The van der Waals surface area contributed by atoms with Crippen LogP contribution in [0.4, 0.5) is 5.69 Å². The van der Waals surface area contributed by atoms with Crippen molar-refractivity contribution in [3.8, 4) is 11.5 Å². The molecule has 0 saturated heterocycles. The molecule has 23 heavy (non-hydrogen) atoms. The van der Waals surface area contributed by atoms with Gasteiger partial charge in [0.15, 0.2) is 0 Å². The van der Waals surface area contributed by atoms with E-state index in [1.165, 1.54) is 0 Å². The summed E-state index contributed by atoms with van der Waals surface area (Å²) in [7, 11) is 1.58. The van der Waals surface area contributed by atoms with Gasteiger partial charge in [0.05, 0.1) is 12.8 Å². The SMILES string of the molecule is CCN(CC)CCC1CC=CN=C1Nc1ccc(OC)cc1O. The second kappa shape index (κ2) is 8.58. The number of hydrogen-bond acceptors (Lipinski definition) is 5. The Labute approximate surface area is 138 Å². The number of nitrogens with zero attached hydrogens (tertiary/aromatic N) is 2.